The van der Waals surface area contributed by atoms with Crippen LogP contribution in [0.25, 0.3) is 0 Å². The van der Waals surface area contributed by atoms with Gasteiger partial charge in [0.25, 0.3) is 0 Å². The number of sulfone groups is 1. The lowest BCUT2D eigenvalue weighted by atomic mass is 10.2. The van der Waals surface area contributed by atoms with E-state index in [-0.39, 0.29) is 0 Å². The summed E-state index contributed by atoms with van der Waals surface area (Å²) in [6, 6.07) is 14.2. The lowest BCUT2D eigenvalue weighted by Gasteiger charge is -2.27. The largest absolute Gasteiger partial charge is 0.383 e. The molecule has 25 heavy (non-hydrogen) atoms. The molecule has 0 aliphatic carbocycles. The van der Waals surface area contributed by atoms with Gasteiger partial charge in [0.15, 0.2) is 0 Å². The second-order valence-corrected chi connectivity index (χ2v) is 8.01. The molecule has 1 heterocycles. The van der Waals surface area contributed by atoms with Crippen LogP contribution in [0.4, 0.5) is 11.4 Å². The third-order valence-corrected chi connectivity index (χ3v) is 6.19. The molecule has 1 fully saturated rings. The summed E-state index contributed by atoms with van der Waals surface area (Å²) in [6.45, 7) is 6.34. The molecule has 134 valence electrons. The normalized spacial score (nSPS) is 15.6. The minimum absolute atomic E-state index is 0.323. The molecule has 1 saturated heterocycles. The Morgan fingerprint density at radius 3 is 2.60 bits per heavy atom. The first-order valence-corrected chi connectivity index (χ1v) is 10.3. The highest BCUT2D eigenvalue weighted by Gasteiger charge is 2.24. The van der Waals surface area contributed by atoms with E-state index in [1.54, 1.807) is 30.3 Å². The van der Waals surface area contributed by atoms with Crippen LogP contribution in [0.5, 0.6) is 0 Å². The summed E-state index contributed by atoms with van der Waals surface area (Å²) in [6.07, 6.45) is 1.04. The summed E-state index contributed by atoms with van der Waals surface area (Å²) in [5.41, 5.74) is 1.67. The molecule has 0 saturated carbocycles. The molecule has 2 N–H and O–H groups in total. The van der Waals surface area contributed by atoms with Gasteiger partial charge in [0.2, 0.25) is 9.84 Å². The van der Waals surface area contributed by atoms with Crippen molar-refractivity contribution in [3.63, 3.8) is 0 Å². The van der Waals surface area contributed by atoms with Crippen LogP contribution in [0.15, 0.2) is 58.3 Å². The van der Waals surface area contributed by atoms with E-state index in [1.165, 1.54) is 0 Å². The van der Waals surface area contributed by atoms with Crippen molar-refractivity contribution in [2.75, 3.05) is 42.9 Å². The third-order valence-electron chi connectivity index (χ3n) is 4.38. The zero-order chi connectivity index (χ0) is 17.7. The Morgan fingerprint density at radius 1 is 1.04 bits per heavy atom. The van der Waals surface area contributed by atoms with Crippen LogP contribution in [-0.4, -0.2) is 41.1 Å². The van der Waals surface area contributed by atoms with Crippen LogP contribution in [-0.2, 0) is 9.84 Å². The van der Waals surface area contributed by atoms with E-state index in [9.17, 15) is 8.42 Å². The van der Waals surface area contributed by atoms with E-state index in [0.717, 1.165) is 38.3 Å². The number of para-hydroxylation sites is 1. The van der Waals surface area contributed by atoms with E-state index in [2.05, 4.69) is 15.5 Å². The smallest absolute Gasteiger partial charge is 0.208 e. The minimum atomic E-state index is -3.57. The Hall–Kier alpha value is -2.05. The molecular formula is C19H25N3O2S. The number of benzene rings is 2. The maximum atomic E-state index is 13.2. The zero-order valence-corrected chi connectivity index (χ0v) is 15.3. The molecule has 5 nitrogen and oxygen atoms in total. The molecule has 0 bridgehead atoms. The summed E-state index contributed by atoms with van der Waals surface area (Å²) in [7, 11) is -3.57. The average molecular weight is 359 g/mol. The Labute approximate surface area is 150 Å². The number of nitrogens with one attached hydrogen (secondary N) is 2. The quantitative estimate of drug-likeness (QED) is 0.860. The number of rotatable bonds is 5. The van der Waals surface area contributed by atoms with Gasteiger partial charge in [0.05, 0.1) is 21.2 Å². The molecule has 3 rings (SSSR count). The molecule has 0 atom stereocenters. The van der Waals surface area contributed by atoms with Gasteiger partial charge in [0, 0.05) is 26.2 Å². The second-order valence-electron chi connectivity index (χ2n) is 6.09. The maximum Gasteiger partial charge on any atom is 0.208 e. The first kappa shape index (κ1) is 17.8. The highest BCUT2D eigenvalue weighted by molar-refractivity contribution is 7.91. The summed E-state index contributed by atoms with van der Waals surface area (Å²) in [4.78, 5) is 2.93. The van der Waals surface area contributed by atoms with Crippen LogP contribution < -0.4 is 15.5 Å². The maximum absolute atomic E-state index is 13.2. The fourth-order valence-electron chi connectivity index (χ4n) is 3.17. The average Bonchev–Trinajstić information content (AvgIpc) is 2.92. The monoisotopic (exact) mass is 359 g/mol. The van der Waals surface area contributed by atoms with E-state index >= 15 is 0 Å². The molecule has 0 radical (unpaired) electrons. The van der Waals surface area contributed by atoms with Crippen molar-refractivity contribution >= 4 is 21.2 Å². The molecule has 2 aromatic carbocycles. The van der Waals surface area contributed by atoms with Crippen molar-refractivity contribution in [3.05, 3.63) is 48.5 Å². The summed E-state index contributed by atoms with van der Waals surface area (Å²) >= 11 is 0. The van der Waals surface area contributed by atoms with Crippen LogP contribution in [0.2, 0.25) is 0 Å². The second kappa shape index (κ2) is 7.89. The van der Waals surface area contributed by atoms with Gasteiger partial charge >= 0.3 is 0 Å². The summed E-state index contributed by atoms with van der Waals surface area (Å²) < 4.78 is 26.3. The molecule has 0 amide bonds. The van der Waals surface area contributed by atoms with Gasteiger partial charge in [-0.3, -0.25) is 0 Å². The molecule has 6 heteroatoms. The van der Waals surface area contributed by atoms with Gasteiger partial charge in [-0.1, -0.05) is 24.3 Å². The highest BCUT2D eigenvalue weighted by atomic mass is 32.2. The number of hydrogen-bond donors (Lipinski definition) is 2. The first-order chi connectivity index (χ1) is 12.1. The first-order valence-electron chi connectivity index (χ1n) is 8.77. The standard InChI is InChI=1S/C19H25N3O2S/c1-2-21-19-17(22-14-7-12-20-13-15-22)10-6-11-18(19)25(23,24)16-8-4-3-5-9-16/h3-6,8-11,20-21H,2,7,12-15H2,1H3. The minimum Gasteiger partial charge on any atom is -0.383 e. The summed E-state index contributed by atoms with van der Waals surface area (Å²) in [5.74, 6) is 0. The molecule has 2 aromatic rings. The van der Waals surface area contributed by atoms with Gasteiger partial charge in [-0.05, 0) is 44.2 Å². The van der Waals surface area contributed by atoms with Crippen LogP contribution in [0.1, 0.15) is 13.3 Å². The Balaban J connectivity index is 2.09. The highest BCUT2D eigenvalue weighted by Crippen LogP contribution is 2.35. The van der Waals surface area contributed by atoms with Crippen molar-refractivity contribution in [3.8, 4) is 0 Å². The Morgan fingerprint density at radius 2 is 1.84 bits per heavy atom. The number of anilines is 2. The van der Waals surface area contributed by atoms with E-state index < -0.39 is 9.84 Å². The molecular weight excluding hydrogens is 334 g/mol. The summed E-state index contributed by atoms with van der Waals surface area (Å²) in [5, 5.41) is 6.69. The lowest BCUT2D eigenvalue weighted by molar-refractivity contribution is 0.596. The Bertz CT molecular complexity index is 799. The van der Waals surface area contributed by atoms with Crippen molar-refractivity contribution in [2.45, 2.75) is 23.1 Å². The van der Waals surface area contributed by atoms with Crippen LogP contribution >= 0.6 is 0 Å². The fourth-order valence-corrected chi connectivity index (χ4v) is 4.65. The molecule has 0 aromatic heterocycles. The van der Waals surface area contributed by atoms with E-state index in [1.807, 2.05) is 25.1 Å². The van der Waals surface area contributed by atoms with E-state index in [4.69, 9.17) is 0 Å². The van der Waals surface area contributed by atoms with E-state index in [0.29, 0.717) is 22.0 Å². The molecule has 1 aliphatic heterocycles. The fraction of sp³-hybridized carbons (Fsp3) is 0.368. The lowest BCUT2D eigenvalue weighted by Crippen LogP contribution is -2.29. The van der Waals surface area contributed by atoms with Gasteiger partial charge in [-0.2, -0.15) is 0 Å². The van der Waals surface area contributed by atoms with Crippen LogP contribution in [0.3, 0.4) is 0 Å². The van der Waals surface area contributed by atoms with Gasteiger partial charge in [0.1, 0.15) is 0 Å². The zero-order valence-electron chi connectivity index (χ0n) is 14.5. The Kier molecular flexibility index (Phi) is 5.60. The van der Waals surface area contributed by atoms with Crippen LogP contribution in [0, 0.1) is 0 Å². The number of hydrogen-bond acceptors (Lipinski definition) is 5. The van der Waals surface area contributed by atoms with Crippen molar-refractivity contribution in [1.29, 1.82) is 0 Å². The predicted molar refractivity (Wildman–Crippen MR) is 102 cm³/mol. The SMILES string of the molecule is CCNc1c(N2CCCNCC2)cccc1S(=O)(=O)c1ccccc1. The van der Waals surface area contributed by atoms with Gasteiger partial charge in [-0.25, -0.2) is 8.42 Å². The molecule has 0 unspecified atom stereocenters. The van der Waals surface area contributed by atoms with Crippen molar-refractivity contribution in [2.24, 2.45) is 0 Å². The van der Waals surface area contributed by atoms with Crippen molar-refractivity contribution in [1.82, 2.24) is 5.32 Å². The third kappa shape index (κ3) is 3.80. The molecule has 0 spiro atoms. The predicted octanol–water partition coefficient (Wildman–Crippen LogP) is 2.75. The number of nitrogens with zero attached hydrogens (tertiary/aromatic N) is 1. The van der Waals surface area contributed by atoms with Gasteiger partial charge in [-0.15, -0.1) is 0 Å². The van der Waals surface area contributed by atoms with Crippen molar-refractivity contribution < 1.29 is 8.42 Å². The topological polar surface area (TPSA) is 61.4 Å². The molecule has 1 aliphatic rings. The van der Waals surface area contributed by atoms with Gasteiger partial charge < -0.3 is 15.5 Å².